The number of aryl methyl sites for hydroxylation is 2. The number of aromatic nitrogens is 2. The van der Waals surface area contributed by atoms with E-state index in [1.165, 1.54) is 64.2 Å². The van der Waals surface area contributed by atoms with Crippen LogP contribution >= 0.6 is 0 Å². The average Bonchev–Trinajstić information content (AvgIpc) is 2.78. The van der Waals surface area contributed by atoms with Crippen molar-refractivity contribution in [3.05, 3.63) is 47.5 Å². The summed E-state index contributed by atoms with van der Waals surface area (Å²) in [6, 6.07) is 5.53. The molecule has 3 rings (SSSR count). The van der Waals surface area contributed by atoms with Crippen molar-refractivity contribution in [3.63, 3.8) is 0 Å². The number of halogens is 1. The molecule has 0 saturated heterocycles. The monoisotopic (exact) mass is 410 g/mol. The van der Waals surface area contributed by atoms with Crippen LogP contribution in [-0.4, -0.2) is 9.97 Å². The van der Waals surface area contributed by atoms with E-state index in [1.54, 1.807) is 6.07 Å². The molecule has 164 valence electrons. The third-order valence-electron chi connectivity index (χ3n) is 6.84. The van der Waals surface area contributed by atoms with Crippen LogP contribution in [0.4, 0.5) is 4.39 Å². The summed E-state index contributed by atoms with van der Waals surface area (Å²) in [4.78, 5) is 8.94. The van der Waals surface area contributed by atoms with Gasteiger partial charge in [0, 0.05) is 18.0 Å². The van der Waals surface area contributed by atoms with E-state index in [4.69, 9.17) is 0 Å². The van der Waals surface area contributed by atoms with Gasteiger partial charge in [-0.15, -0.1) is 0 Å². The van der Waals surface area contributed by atoms with Gasteiger partial charge in [-0.2, -0.15) is 0 Å². The fourth-order valence-electron chi connectivity index (χ4n) is 4.76. The first-order valence-electron chi connectivity index (χ1n) is 12.3. The molecule has 0 N–H and O–H groups in total. The molecule has 0 radical (unpaired) electrons. The summed E-state index contributed by atoms with van der Waals surface area (Å²) in [5.74, 6) is 2.21. The molecule has 1 aromatic heterocycles. The van der Waals surface area contributed by atoms with Crippen molar-refractivity contribution >= 4 is 0 Å². The second-order valence-corrected chi connectivity index (χ2v) is 9.25. The molecule has 0 aliphatic heterocycles. The number of unbranched alkanes of at least 4 members (excludes halogenated alkanes) is 3. The summed E-state index contributed by atoms with van der Waals surface area (Å²) in [7, 11) is 0. The Morgan fingerprint density at radius 1 is 0.833 bits per heavy atom. The highest BCUT2D eigenvalue weighted by molar-refractivity contribution is 5.55. The first kappa shape index (κ1) is 22.9. The zero-order valence-electron chi connectivity index (χ0n) is 19.0. The predicted molar refractivity (Wildman–Crippen MR) is 124 cm³/mol. The Bertz CT molecular complexity index is 748. The lowest BCUT2D eigenvalue weighted by Gasteiger charge is -2.28. The van der Waals surface area contributed by atoms with Crippen molar-refractivity contribution in [1.29, 1.82) is 0 Å². The number of nitrogens with zero attached hydrogens (tertiary/aromatic N) is 2. The Hall–Kier alpha value is -1.77. The van der Waals surface area contributed by atoms with E-state index in [-0.39, 0.29) is 5.82 Å². The van der Waals surface area contributed by atoms with Crippen LogP contribution in [-0.2, 0) is 12.8 Å². The fourth-order valence-corrected chi connectivity index (χ4v) is 4.76. The maximum absolute atomic E-state index is 14.7. The molecule has 0 unspecified atom stereocenters. The van der Waals surface area contributed by atoms with Crippen LogP contribution in [0.2, 0.25) is 0 Å². The van der Waals surface area contributed by atoms with Gasteiger partial charge in [-0.3, -0.25) is 0 Å². The Morgan fingerprint density at radius 2 is 1.50 bits per heavy atom. The average molecular weight is 411 g/mol. The van der Waals surface area contributed by atoms with Crippen molar-refractivity contribution in [3.8, 4) is 11.4 Å². The highest BCUT2D eigenvalue weighted by Gasteiger charge is 2.21. The van der Waals surface area contributed by atoms with Crippen LogP contribution in [0.3, 0.4) is 0 Å². The van der Waals surface area contributed by atoms with Crippen LogP contribution in [0.5, 0.6) is 0 Å². The van der Waals surface area contributed by atoms with E-state index < -0.39 is 0 Å². The van der Waals surface area contributed by atoms with Crippen LogP contribution in [0.25, 0.3) is 11.4 Å². The van der Waals surface area contributed by atoms with Crippen LogP contribution < -0.4 is 0 Å². The van der Waals surface area contributed by atoms with Gasteiger partial charge in [0.25, 0.3) is 0 Å². The first-order valence-corrected chi connectivity index (χ1v) is 12.3. The van der Waals surface area contributed by atoms with Crippen molar-refractivity contribution in [2.75, 3.05) is 0 Å². The molecule has 0 atom stereocenters. The van der Waals surface area contributed by atoms with Crippen molar-refractivity contribution in [2.24, 2.45) is 11.8 Å². The molecule has 0 spiro atoms. The van der Waals surface area contributed by atoms with E-state index in [9.17, 15) is 4.39 Å². The zero-order chi connectivity index (χ0) is 21.2. The minimum atomic E-state index is -0.111. The summed E-state index contributed by atoms with van der Waals surface area (Å²) >= 11 is 0. The molecule has 2 aromatic rings. The standard InChI is InChI=1S/C27H39FN2/c1-3-5-7-9-23-19-29-27(30-20-23)25-17-16-24(26(28)18-25)15-14-22-12-10-21(11-13-22)8-6-4-2/h16-22H,3-15H2,1-2H3/t21-,22-. The van der Waals surface area contributed by atoms with Crippen LogP contribution in [0.15, 0.2) is 30.6 Å². The number of hydrogen-bond donors (Lipinski definition) is 0. The Labute approximate surface area is 182 Å². The van der Waals surface area contributed by atoms with Gasteiger partial charge in [0.15, 0.2) is 5.82 Å². The summed E-state index contributed by atoms with van der Waals surface area (Å²) in [6.45, 7) is 4.48. The summed E-state index contributed by atoms with van der Waals surface area (Å²) in [6.07, 6.45) is 19.8. The van der Waals surface area contributed by atoms with Crippen LogP contribution in [0, 0.1) is 17.7 Å². The summed E-state index contributed by atoms with van der Waals surface area (Å²) in [5.41, 5.74) is 2.77. The largest absolute Gasteiger partial charge is 0.236 e. The molecule has 30 heavy (non-hydrogen) atoms. The first-order chi connectivity index (χ1) is 14.7. The van der Waals surface area contributed by atoms with Gasteiger partial charge in [0.2, 0.25) is 0 Å². The SMILES string of the molecule is CCCCCc1cnc(-c2ccc(CC[C@H]3CC[C@H](CCCC)CC3)c(F)c2)nc1. The molecule has 1 aromatic carbocycles. The van der Waals surface area contributed by atoms with Crippen molar-refractivity contribution < 1.29 is 4.39 Å². The fraction of sp³-hybridized carbons (Fsp3) is 0.630. The molecule has 1 heterocycles. The molecular formula is C27H39FN2. The quantitative estimate of drug-likeness (QED) is 0.351. The van der Waals surface area contributed by atoms with Gasteiger partial charge in [0.05, 0.1) is 0 Å². The molecule has 3 heteroatoms. The van der Waals surface area contributed by atoms with Gasteiger partial charge in [0.1, 0.15) is 5.82 Å². The molecule has 1 saturated carbocycles. The van der Waals surface area contributed by atoms with E-state index in [0.717, 1.165) is 47.8 Å². The molecule has 2 nitrogen and oxygen atoms in total. The Balaban J connectivity index is 1.49. The Morgan fingerprint density at radius 3 is 2.13 bits per heavy atom. The van der Waals surface area contributed by atoms with Gasteiger partial charge >= 0.3 is 0 Å². The van der Waals surface area contributed by atoms with E-state index in [1.807, 2.05) is 24.5 Å². The molecule has 1 aliphatic rings. The van der Waals surface area contributed by atoms with Crippen LogP contribution in [0.1, 0.15) is 95.6 Å². The maximum Gasteiger partial charge on any atom is 0.159 e. The second-order valence-electron chi connectivity index (χ2n) is 9.25. The third-order valence-corrected chi connectivity index (χ3v) is 6.84. The highest BCUT2D eigenvalue weighted by atomic mass is 19.1. The number of hydrogen-bond acceptors (Lipinski definition) is 2. The lowest BCUT2D eigenvalue weighted by molar-refractivity contribution is 0.249. The smallest absolute Gasteiger partial charge is 0.159 e. The highest BCUT2D eigenvalue weighted by Crippen LogP contribution is 2.34. The van der Waals surface area contributed by atoms with Crippen molar-refractivity contribution in [1.82, 2.24) is 9.97 Å². The third kappa shape index (κ3) is 6.89. The second kappa shape index (κ2) is 12.2. The maximum atomic E-state index is 14.7. The normalized spacial score (nSPS) is 19.2. The lowest BCUT2D eigenvalue weighted by Crippen LogP contribution is -2.15. The summed E-state index contributed by atoms with van der Waals surface area (Å²) < 4.78 is 14.7. The topological polar surface area (TPSA) is 25.8 Å². The van der Waals surface area contributed by atoms with E-state index in [0.29, 0.717) is 5.82 Å². The molecule has 1 aliphatic carbocycles. The minimum absolute atomic E-state index is 0.111. The lowest BCUT2D eigenvalue weighted by atomic mass is 9.78. The predicted octanol–water partition coefficient (Wildman–Crippen LogP) is 7.94. The van der Waals surface area contributed by atoms with Gasteiger partial charge < -0.3 is 0 Å². The molecular weight excluding hydrogens is 371 g/mol. The minimum Gasteiger partial charge on any atom is -0.236 e. The number of benzene rings is 1. The van der Waals surface area contributed by atoms with Gasteiger partial charge in [-0.25, -0.2) is 14.4 Å². The molecule has 0 amide bonds. The Kier molecular flexibility index (Phi) is 9.29. The van der Waals surface area contributed by atoms with Gasteiger partial charge in [-0.1, -0.05) is 83.8 Å². The van der Waals surface area contributed by atoms with E-state index >= 15 is 0 Å². The van der Waals surface area contributed by atoms with E-state index in [2.05, 4.69) is 23.8 Å². The zero-order valence-corrected chi connectivity index (χ0v) is 19.0. The van der Waals surface area contributed by atoms with Crippen molar-refractivity contribution in [2.45, 2.75) is 97.3 Å². The molecule has 1 fully saturated rings. The van der Waals surface area contributed by atoms with Gasteiger partial charge in [-0.05, 0) is 54.7 Å². The molecule has 0 bridgehead atoms. The summed E-state index contributed by atoms with van der Waals surface area (Å²) in [5, 5.41) is 0. The number of rotatable bonds is 11.